The fourth-order valence-electron chi connectivity index (χ4n) is 2.90. The van der Waals surface area contributed by atoms with Crippen LogP contribution in [0.3, 0.4) is 0 Å². The molecule has 0 amide bonds. The quantitative estimate of drug-likeness (QED) is 0.740. The van der Waals surface area contributed by atoms with Gasteiger partial charge in [0, 0.05) is 25.2 Å². The van der Waals surface area contributed by atoms with E-state index in [1.165, 1.54) is 19.3 Å². The van der Waals surface area contributed by atoms with Crippen molar-refractivity contribution < 1.29 is 9.47 Å². The molecule has 2 aliphatic heterocycles. The second-order valence-electron chi connectivity index (χ2n) is 4.65. The van der Waals surface area contributed by atoms with E-state index in [1.807, 2.05) is 7.05 Å². The maximum Gasteiger partial charge on any atom is 0.0811 e. The molecule has 0 aromatic heterocycles. The lowest BCUT2D eigenvalue weighted by Crippen LogP contribution is -2.51. The van der Waals surface area contributed by atoms with Gasteiger partial charge in [0.25, 0.3) is 0 Å². The van der Waals surface area contributed by atoms with Gasteiger partial charge in [-0.2, -0.15) is 0 Å². The molecule has 2 rings (SSSR count). The highest BCUT2D eigenvalue weighted by atomic mass is 16.5. The Bertz CT molecular complexity index is 184. The summed E-state index contributed by atoms with van der Waals surface area (Å²) in [5.41, 5.74) is 0.0348. The monoisotopic (exact) mass is 199 g/mol. The zero-order valence-corrected chi connectivity index (χ0v) is 9.21. The Labute approximate surface area is 86.2 Å². The molecule has 3 unspecified atom stereocenters. The van der Waals surface area contributed by atoms with E-state index in [0.29, 0.717) is 12.0 Å². The first-order valence-electron chi connectivity index (χ1n) is 5.65. The average Bonchev–Trinajstić information content (AvgIpc) is 2.78. The van der Waals surface area contributed by atoms with E-state index < -0.39 is 0 Å². The first-order chi connectivity index (χ1) is 6.76. The molecule has 0 aliphatic carbocycles. The van der Waals surface area contributed by atoms with Crippen molar-refractivity contribution in [2.75, 3.05) is 26.9 Å². The van der Waals surface area contributed by atoms with E-state index in [4.69, 9.17) is 9.47 Å². The number of hydrogen-bond donors (Lipinski definition) is 1. The Morgan fingerprint density at radius 1 is 1.43 bits per heavy atom. The molecule has 14 heavy (non-hydrogen) atoms. The fraction of sp³-hybridized carbons (Fsp3) is 1.00. The summed E-state index contributed by atoms with van der Waals surface area (Å²) in [4.78, 5) is 0. The predicted octanol–water partition coefficient (Wildman–Crippen LogP) is 1.18. The van der Waals surface area contributed by atoms with Crippen molar-refractivity contribution in [3.8, 4) is 0 Å². The third-order valence-corrected chi connectivity index (χ3v) is 3.65. The second-order valence-corrected chi connectivity index (χ2v) is 4.65. The highest BCUT2D eigenvalue weighted by molar-refractivity contribution is 4.96. The number of nitrogens with one attached hydrogen (secondary N) is 1. The molecule has 0 aromatic rings. The summed E-state index contributed by atoms with van der Waals surface area (Å²) in [5.74, 6) is 0.628. The van der Waals surface area contributed by atoms with Crippen molar-refractivity contribution in [1.82, 2.24) is 5.32 Å². The van der Waals surface area contributed by atoms with Crippen molar-refractivity contribution in [2.24, 2.45) is 5.92 Å². The van der Waals surface area contributed by atoms with Crippen molar-refractivity contribution in [3.05, 3.63) is 0 Å². The number of likely N-dealkylation sites (N-methyl/N-ethyl adjacent to an activating group) is 1. The van der Waals surface area contributed by atoms with Gasteiger partial charge >= 0.3 is 0 Å². The van der Waals surface area contributed by atoms with Crippen molar-refractivity contribution in [2.45, 2.75) is 37.8 Å². The molecule has 0 aromatic carbocycles. The molecule has 0 saturated carbocycles. The van der Waals surface area contributed by atoms with E-state index in [2.05, 4.69) is 12.2 Å². The normalized spacial score (nSPS) is 40.3. The molecule has 2 fully saturated rings. The van der Waals surface area contributed by atoms with Crippen LogP contribution in [-0.2, 0) is 9.47 Å². The van der Waals surface area contributed by atoms with Gasteiger partial charge in [0.1, 0.15) is 0 Å². The van der Waals surface area contributed by atoms with E-state index in [1.54, 1.807) is 0 Å². The molecule has 2 aliphatic rings. The molecule has 0 radical (unpaired) electrons. The minimum atomic E-state index is 0.0348. The van der Waals surface area contributed by atoms with Crippen LogP contribution >= 0.6 is 0 Å². The standard InChI is InChI=1S/C11H21NO2/c1-11(5-3-6-14-11)10(12-2)9-4-7-13-8-9/h9-10,12H,3-8H2,1-2H3. The van der Waals surface area contributed by atoms with E-state index in [-0.39, 0.29) is 5.60 Å². The summed E-state index contributed by atoms with van der Waals surface area (Å²) in [6, 6.07) is 0.451. The van der Waals surface area contributed by atoms with Gasteiger partial charge in [-0.15, -0.1) is 0 Å². The van der Waals surface area contributed by atoms with Gasteiger partial charge in [-0.05, 0) is 33.2 Å². The summed E-state index contributed by atoms with van der Waals surface area (Å²) in [5, 5.41) is 3.42. The van der Waals surface area contributed by atoms with Crippen LogP contribution in [0.25, 0.3) is 0 Å². The Morgan fingerprint density at radius 3 is 2.79 bits per heavy atom. The minimum absolute atomic E-state index is 0.0348. The van der Waals surface area contributed by atoms with Gasteiger partial charge < -0.3 is 14.8 Å². The summed E-state index contributed by atoms with van der Waals surface area (Å²) in [6.07, 6.45) is 3.54. The van der Waals surface area contributed by atoms with Gasteiger partial charge in [0.2, 0.25) is 0 Å². The van der Waals surface area contributed by atoms with Crippen LogP contribution in [0.15, 0.2) is 0 Å². The van der Waals surface area contributed by atoms with Crippen LogP contribution in [-0.4, -0.2) is 38.5 Å². The molecule has 1 N–H and O–H groups in total. The molecular weight excluding hydrogens is 178 g/mol. The molecule has 0 spiro atoms. The zero-order valence-electron chi connectivity index (χ0n) is 9.21. The van der Waals surface area contributed by atoms with Gasteiger partial charge in [-0.25, -0.2) is 0 Å². The highest BCUT2D eigenvalue weighted by Crippen LogP contribution is 2.34. The van der Waals surface area contributed by atoms with E-state index >= 15 is 0 Å². The van der Waals surface area contributed by atoms with E-state index in [9.17, 15) is 0 Å². The fourth-order valence-corrected chi connectivity index (χ4v) is 2.90. The maximum absolute atomic E-state index is 5.89. The van der Waals surface area contributed by atoms with Crippen LogP contribution < -0.4 is 5.32 Å². The smallest absolute Gasteiger partial charge is 0.0811 e. The highest BCUT2D eigenvalue weighted by Gasteiger charge is 2.42. The Morgan fingerprint density at radius 2 is 2.29 bits per heavy atom. The molecule has 3 atom stereocenters. The number of hydrogen-bond acceptors (Lipinski definition) is 3. The van der Waals surface area contributed by atoms with Crippen LogP contribution in [0.4, 0.5) is 0 Å². The van der Waals surface area contributed by atoms with Gasteiger partial charge in [-0.3, -0.25) is 0 Å². The van der Waals surface area contributed by atoms with Crippen molar-refractivity contribution in [1.29, 1.82) is 0 Å². The lowest BCUT2D eigenvalue weighted by atomic mass is 9.83. The van der Waals surface area contributed by atoms with Crippen LogP contribution in [0, 0.1) is 5.92 Å². The molecule has 3 heteroatoms. The first kappa shape index (κ1) is 10.4. The summed E-state index contributed by atoms with van der Waals surface area (Å²) in [7, 11) is 2.04. The lowest BCUT2D eigenvalue weighted by Gasteiger charge is -2.36. The second kappa shape index (κ2) is 4.17. The molecule has 2 heterocycles. The van der Waals surface area contributed by atoms with Gasteiger partial charge in [0.15, 0.2) is 0 Å². The molecule has 3 nitrogen and oxygen atoms in total. The lowest BCUT2D eigenvalue weighted by molar-refractivity contribution is -0.0276. The topological polar surface area (TPSA) is 30.5 Å². The summed E-state index contributed by atoms with van der Waals surface area (Å²) in [6.45, 7) is 4.96. The van der Waals surface area contributed by atoms with Crippen LogP contribution in [0.2, 0.25) is 0 Å². The Balaban J connectivity index is 2.03. The summed E-state index contributed by atoms with van der Waals surface area (Å²) < 4.78 is 11.3. The number of ether oxygens (including phenoxy) is 2. The zero-order chi connectivity index (χ0) is 10.0. The van der Waals surface area contributed by atoms with Gasteiger partial charge in [0.05, 0.1) is 12.2 Å². The first-order valence-corrected chi connectivity index (χ1v) is 5.65. The SMILES string of the molecule is CNC(C1CCOC1)C1(C)CCCO1. The molecule has 0 bridgehead atoms. The van der Waals surface area contributed by atoms with Crippen LogP contribution in [0.5, 0.6) is 0 Å². The minimum Gasteiger partial charge on any atom is -0.381 e. The Hall–Kier alpha value is -0.120. The third-order valence-electron chi connectivity index (χ3n) is 3.65. The average molecular weight is 199 g/mol. The van der Waals surface area contributed by atoms with Crippen molar-refractivity contribution in [3.63, 3.8) is 0 Å². The van der Waals surface area contributed by atoms with Crippen molar-refractivity contribution >= 4 is 0 Å². The molecular formula is C11H21NO2. The molecule has 2 saturated heterocycles. The summed E-state index contributed by atoms with van der Waals surface area (Å²) >= 11 is 0. The van der Waals surface area contributed by atoms with E-state index in [0.717, 1.165) is 19.8 Å². The third kappa shape index (κ3) is 1.81. The number of rotatable bonds is 3. The largest absolute Gasteiger partial charge is 0.381 e. The predicted molar refractivity (Wildman–Crippen MR) is 55.4 cm³/mol. The van der Waals surface area contributed by atoms with Crippen LogP contribution in [0.1, 0.15) is 26.2 Å². The maximum atomic E-state index is 5.89. The molecule has 82 valence electrons. The Kier molecular flexibility index (Phi) is 3.10. The van der Waals surface area contributed by atoms with Gasteiger partial charge in [-0.1, -0.05) is 0 Å².